The largest absolute Gasteiger partial charge is 0.366 e. The second-order valence-electron chi connectivity index (χ2n) is 2.50. The maximum atomic E-state index is 12.9. The summed E-state index contributed by atoms with van der Waals surface area (Å²) >= 11 is 0. The van der Waals surface area contributed by atoms with Gasteiger partial charge in [0, 0.05) is 11.6 Å². The van der Waals surface area contributed by atoms with Crippen LogP contribution in [0, 0.1) is 17.5 Å². The molecule has 74 valence electrons. The molecule has 1 amide bonds. The van der Waals surface area contributed by atoms with Crippen LogP contribution < -0.4 is 5.73 Å². The molecule has 0 bridgehead atoms. The van der Waals surface area contributed by atoms with E-state index in [0.29, 0.717) is 0 Å². The van der Waals surface area contributed by atoms with Gasteiger partial charge in [-0.2, -0.15) is 0 Å². The van der Waals surface area contributed by atoms with Crippen molar-refractivity contribution < 1.29 is 18.0 Å². The van der Waals surface area contributed by atoms with Crippen LogP contribution in [-0.2, 0) is 4.79 Å². The molecule has 0 saturated heterocycles. The maximum absolute atomic E-state index is 12.9. The van der Waals surface area contributed by atoms with Crippen molar-refractivity contribution in [3.63, 3.8) is 0 Å². The summed E-state index contributed by atoms with van der Waals surface area (Å²) in [6, 6.07) is 1.77. The number of hydrogen-bond donors (Lipinski definition) is 1. The molecule has 1 rings (SSSR count). The SMILES string of the molecule is NC(=O)/C=C/c1ccc(F)c(F)c1F. The Hall–Kier alpha value is -1.78. The molecule has 0 aliphatic heterocycles. The maximum Gasteiger partial charge on any atom is 0.241 e. The van der Waals surface area contributed by atoms with Gasteiger partial charge in [-0.25, -0.2) is 13.2 Å². The van der Waals surface area contributed by atoms with Crippen molar-refractivity contribution >= 4 is 12.0 Å². The van der Waals surface area contributed by atoms with Gasteiger partial charge in [-0.15, -0.1) is 0 Å². The van der Waals surface area contributed by atoms with E-state index in [-0.39, 0.29) is 5.56 Å². The molecule has 0 radical (unpaired) electrons. The lowest BCUT2D eigenvalue weighted by atomic mass is 10.2. The molecule has 1 aromatic rings. The van der Waals surface area contributed by atoms with Gasteiger partial charge in [0.2, 0.25) is 5.91 Å². The Labute approximate surface area is 77.8 Å². The molecule has 0 unspecified atom stereocenters. The first-order valence-corrected chi connectivity index (χ1v) is 3.63. The van der Waals surface area contributed by atoms with Crippen LogP contribution in [0.3, 0.4) is 0 Å². The van der Waals surface area contributed by atoms with Gasteiger partial charge >= 0.3 is 0 Å². The number of halogens is 3. The zero-order valence-corrected chi connectivity index (χ0v) is 6.93. The van der Waals surface area contributed by atoms with Crippen LogP contribution in [0.25, 0.3) is 6.08 Å². The van der Waals surface area contributed by atoms with Crippen molar-refractivity contribution in [1.82, 2.24) is 0 Å². The smallest absolute Gasteiger partial charge is 0.241 e. The molecule has 0 aliphatic rings. The third-order valence-electron chi connectivity index (χ3n) is 1.49. The van der Waals surface area contributed by atoms with Gasteiger partial charge in [0.25, 0.3) is 0 Å². The van der Waals surface area contributed by atoms with Crippen LogP contribution in [0.5, 0.6) is 0 Å². The summed E-state index contributed by atoms with van der Waals surface area (Å²) in [5, 5.41) is 0. The van der Waals surface area contributed by atoms with Gasteiger partial charge in [-0.05, 0) is 18.2 Å². The predicted molar refractivity (Wildman–Crippen MR) is 44.5 cm³/mol. The predicted octanol–water partition coefficient (Wildman–Crippen LogP) is 1.60. The van der Waals surface area contributed by atoms with Crippen LogP contribution in [0.2, 0.25) is 0 Å². The number of carbonyl (C=O) groups is 1. The van der Waals surface area contributed by atoms with E-state index >= 15 is 0 Å². The Balaban J connectivity index is 3.12. The number of rotatable bonds is 2. The Kier molecular flexibility index (Phi) is 2.91. The Morgan fingerprint density at radius 1 is 1.21 bits per heavy atom. The van der Waals surface area contributed by atoms with Crippen molar-refractivity contribution in [2.24, 2.45) is 5.73 Å². The average Bonchev–Trinajstić information content (AvgIpc) is 2.13. The summed E-state index contributed by atoms with van der Waals surface area (Å²) in [6.45, 7) is 0. The standard InChI is InChI=1S/C9H6F3NO/c10-6-3-1-5(2-4-7(13)14)8(11)9(6)12/h1-4H,(H2,13,14)/b4-2+. The van der Waals surface area contributed by atoms with Gasteiger partial charge < -0.3 is 5.73 Å². The fourth-order valence-corrected chi connectivity index (χ4v) is 0.841. The highest BCUT2D eigenvalue weighted by atomic mass is 19.2. The quantitative estimate of drug-likeness (QED) is 0.573. The van der Waals surface area contributed by atoms with E-state index < -0.39 is 23.4 Å². The van der Waals surface area contributed by atoms with Crippen LogP contribution >= 0.6 is 0 Å². The molecule has 0 aromatic heterocycles. The van der Waals surface area contributed by atoms with Gasteiger partial charge in [0.15, 0.2) is 17.5 Å². The van der Waals surface area contributed by atoms with E-state index in [0.717, 1.165) is 24.3 Å². The Morgan fingerprint density at radius 2 is 1.86 bits per heavy atom. The van der Waals surface area contributed by atoms with Crippen molar-refractivity contribution in [1.29, 1.82) is 0 Å². The van der Waals surface area contributed by atoms with E-state index in [2.05, 4.69) is 0 Å². The number of amides is 1. The second-order valence-corrected chi connectivity index (χ2v) is 2.50. The van der Waals surface area contributed by atoms with Crippen LogP contribution in [0.15, 0.2) is 18.2 Å². The Bertz CT molecular complexity index is 401. The molecule has 14 heavy (non-hydrogen) atoms. The van der Waals surface area contributed by atoms with Gasteiger partial charge in [-0.1, -0.05) is 0 Å². The van der Waals surface area contributed by atoms with E-state index in [1.807, 2.05) is 0 Å². The summed E-state index contributed by atoms with van der Waals surface area (Å²) in [6.07, 6.45) is 1.83. The van der Waals surface area contributed by atoms with Gasteiger partial charge in [0.05, 0.1) is 0 Å². The third-order valence-corrected chi connectivity index (χ3v) is 1.49. The lowest BCUT2D eigenvalue weighted by Crippen LogP contribution is -2.05. The monoisotopic (exact) mass is 201 g/mol. The molecule has 2 N–H and O–H groups in total. The van der Waals surface area contributed by atoms with E-state index in [1.54, 1.807) is 0 Å². The summed E-state index contributed by atoms with van der Waals surface area (Å²) in [7, 11) is 0. The zero-order valence-electron chi connectivity index (χ0n) is 6.93. The van der Waals surface area contributed by atoms with Crippen molar-refractivity contribution in [3.8, 4) is 0 Å². The zero-order chi connectivity index (χ0) is 10.7. The molecule has 5 heteroatoms. The molecule has 2 nitrogen and oxygen atoms in total. The molecular weight excluding hydrogens is 195 g/mol. The summed E-state index contributed by atoms with van der Waals surface area (Å²) in [5.41, 5.74) is 4.51. The molecular formula is C9H6F3NO. The van der Waals surface area contributed by atoms with Crippen molar-refractivity contribution in [2.75, 3.05) is 0 Å². The second kappa shape index (κ2) is 3.95. The highest BCUT2D eigenvalue weighted by molar-refractivity contribution is 5.90. The molecule has 0 spiro atoms. The minimum Gasteiger partial charge on any atom is -0.366 e. The van der Waals surface area contributed by atoms with Crippen molar-refractivity contribution in [2.45, 2.75) is 0 Å². The first kappa shape index (κ1) is 10.3. The highest BCUT2D eigenvalue weighted by Gasteiger charge is 2.11. The lowest BCUT2D eigenvalue weighted by Gasteiger charge is -1.98. The molecule has 1 aromatic carbocycles. The topological polar surface area (TPSA) is 43.1 Å². The van der Waals surface area contributed by atoms with Gasteiger partial charge in [-0.3, -0.25) is 4.79 Å². The van der Waals surface area contributed by atoms with Crippen molar-refractivity contribution in [3.05, 3.63) is 41.2 Å². The van der Waals surface area contributed by atoms with E-state index in [9.17, 15) is 18.0 Å². The number of hydrogen-bond acceptors (Lipinski definition) is 1. The minimum atomic E-state index is -1.57. The van der Waals surface area contributed by atoms with E-state index in [4.69, 9.17) is 5.73 Å². The first-order valence-electron chi connectivity index (χ1n) is 3.63. The number of carbonyl (C=O) groups excluding carboxylic acids is 1. The number of nitrogens with two attached hydrogens (primary N) is 1. The lowest BCUT2D eigenvalue weighted by molar-refractivity contribution is -0.113. The fourth-order valence-electron chi connectivity index (χ4n) is 0.841. The molecule has 0 atom stereocenters. The minimum absolute atomic E-state index is 0.234. The van der Waals surface area contributed by atoms with Crippen LogP contribution in [0.4, 0.5) is 13.2 Å². The summed E-state index contributed by atoms with van der Waals surface area (Å²) < 4.78 is 37.9. The van der Waals surface area contributed by atoms with Gasteiger partial charge in [0.1, 0.15) is 0 Å². The molecule has 0 saturated carbocycles. The van der Waals surface area contributed by atoms with E-state index in [1.165, 1.54) is 0 Å². The average molecular weight is 201 g/mol. The number of primary amides is 1. The van der Waals surface area contributed by atoms with Crippen LogP contribution in [-0.4, -0.2) is 5.91 Å². The first-order chi connectivity index (χ1) is 6.52. The normalized spacial score (nSPS) is 10.8. The summed E-state index contributed by atoms with van der Waals surface area (Å²) in [4.78, 5) is 10.3. The van der Waals surface area contributed by atoms with Crippen LogP contribution in [0.1, 0.15) is 5.56 Å². The Morgan fingerprint density at radius 3 is 2.43 bits per heavy atom. The summed E-state index contributed by atoms with van der Waals surface area (Å²) in [5.74, 6) is -4.99. The highest BCUT2D eigenvalue weighted by Crippen LogP contribution is 2.15. The molecule has 0 aliphatic carbocycles. The fraction of sp³-hybridized carbons (Fsp3) is 0. The molecule has 0 heterocycles. The molecule has 0 fully saturated rings. The third kappa shape index (κ3) is 2.12. The number of benzene rings is 1.